The molecule has 0 aliphatic carbocycles. The van der Waals surface area contributed by atoms with Gasteiger partial charge in [-0.3, -0.25) is 0 Å². The maximum Gasteiger partial charge on any atom is 0.213 e. The van der Waals surface area contributed by atoms with E-state index in [2.05, 4.69) is 31.5 Å². The summed E-state index contributed by atoms with van der Waals surface area (Å²) in [6.45, 7) is 1.96. The topological polar surface area (TPSA) is 69.6 Å². The van der Waals surface area contributed by atoms with Crippen molar-refractivity contribution >= 4 is 27.7 Å². The van der Waals surface area contributed by atoms with Crippen LogP contribution in [-0.2, 0) is 7.05 Å². The standard InChI is InChI=1S/C10H12BrN5S/c1-6(12)7-3-4-9(8(11)5-7)17-10-13-14-15-16(10)2/h3-6H,12H2,1-2H3/t6-/m1/s1. The van der Waals surface area contributed by atoms with Gasteiger partial charge in [-0.1, -0.05) is 6.07 Å². The molecule has 2 aromatic rings. The fourth-order valence-electron chi connectivity index (χ4n) is 1.29. The molecule has 1 heterocycles. The Morgan fingerprint density at radius 1 is 1.47 bits per heavy atom. The molecule has 0 saturated carbocycles. The Labute approximate surface area is 112 Å². The molecule has 2 rings (SSSR count). The van der Waals surface area contributed by atoms with E-state index in [1.54, 1.807) is 4.68 Å². The summed E-state index contributed by atoms with van der Waals surface area (Å²) in [4.78, 5) is 1.06. The van der Waals surface area contributed by atoms with E-state index in [4.69, 9.17) is 5.73 Å². The third kappa shape index (κ3) is 2.85. The highest BCUT2D eigenvalue weighted by atomic mass is 79.9. The summed E-state index contributed by atoms with van der Waals surface area (Å²) in [5.74, 6) is 0. The number of hydrogen-bond donors (Lipinski definition) is 1. The minimum Gasteiger partial charge on any atom is -0.324 e. The maximum absolute atomic E-state index is 5.83. The number of nitrogens with two attached hydrogens (primary N) is 1. The van der Waals surface area contributed by atoms with Crippen LogP contribution in [-0.4, -0.2) is 20.2 Å². The molecule has 2 N–H and O–H groups in total. The number of hydrogen-bond acceptors (Lipinski definition) is 5. The first-order chi connectivity index (χ1) is 8.08. The summed E-state index contributed by atoms with van der Waals surface area (Å²) in [7, 11) is 1.81. The van der Waals surface area contributed by atoms with E-state index >= 15 is 0 Å². The molecule has 1 atom stereocenters. The number of tetrazole rings is 1. The minimum absolute atomic E-state index is 0.0295. The van der Waals surface area contributed by atoms with Crippen LogP contribution in [0.3, 0.4) is 0 Å². The summed E-state index contributed by atoms with van der Waals surface area (Å²) >= 11 is 5.04. The molecule has 0 aliphatic heterocycles. The van der Waals surface area contributed by atoms with Gasteiger partial charge in [-0.15, -0.1) is 5.10 Å². The van der Waals surface area contributed by atoms with Crippen LogP contribution in [0.15, 0.2) is 32.7 Å². The predicted molar refractivity (Wildman–Crippen MR) is 69.7 cm³/mol. The summed E-state index contributed by atoms with van der Waals surface area (Å²) in [6, 6.07) is 6.09. The van der Waals surface area contributed by atoms with E-state index in [0.717, 1.165) is 20.1 Å². The molecule has 5 nitrogen and oxygen atoms in total. The SMILES string of the molecule is C[C@@H](N)c1ccc(Sc2nnnn2C)c(Br)c1. The fraction of sp³-hybridized carbons (Fsp3) is 0.300. The number of benzene rings is 1. The molecular weight excluding hydrogens is 302 g/mol. The number of nitrogens with zero attached hydrogens (tertiary/aromatic N) is 4. The number of aryl methyl sites for hydroxylation is 1. The fourth-order valence-corrected chi connectivity index (χ4v) is 2.66. The highest BCUT2D eigenvalue weighted by Crippen LogP contribution is 2.33. The van der Waals surface area contributed by atoms with E-state index in [1.807, 2.05) is 32.2 Å². The van der Waals surface area contributed by atoms with Crippen LogP contribution in [0.2, 0.25) is 0 Å². The van der Waals surface area contributed by atoms with E-state index in [-0.39, 0.29) is 6.04 Å². The van der Waals surface area contributed by atoms with Crippen molar-refractivity contribution in [3.8, 4) is 0 Å². The second-order valence-electron chi connectivity index (χ2n) is 3.67. The van der Waals surface area contributed by atoms with Crippen LogP contribution in [0.1, 0.15) is 18.5 Å². The lowest BCUT2D eigenvalue weighted by Crippen LogP contribution is -2.04. The monoisotopic (exact) mass is 313 g/mol. The second-order valence-corrected chi connectivity index (χ2v) is 5.53. The lowest BCUT2D eigenvalue weighted by molar-refractivity contribution is 0.664. The van der Waals surface area contributed by atoms with Gasteiger partial charge in [0, 0.05) is 22.5 Å². The van der Waals surface area contributed by atoms with Crippen LogP contribution in [0.4, 0.5) is 0 Å². The van der Waals surface area contributed by atoms with Crippen molar-refractivity contribution in [3.05, 3.63) is 28.2 Å². The van der Waals surface area contributed by atoms with Crippen LogP contribution >= 0.6 is 27.7 Å². The smallest absolute Gasteiger partial charge is 0.213 e. The number of aromatic nitrogens is 4. The second kappa shape index (κ2) is 5.16. The van der Waals surface area contributed by atoms with Crippen molar-refractivity contribution in [3.63, 3.8) is 0 Å². The molecule has 0 fully saturated rings. The highest BCUT2D eigenvalue weighted by Gasteiger charge is 2.09. The number of halogens is 1. The lowest BCUT2D eigenvalue weighted by Gasteiger charge is -2.08. The molecule has 0 spiro atoms. The van der Waals surface area contributed by atoms with Crippen LogP contribution < -0.4 is 5.73 Å². The van der Waals surface area contributed by atoms with Crippen molar-refractivity contribution in [1.29, 1.82) is 0 Å². The van der Waals surface area contributed by atoms with Gasteiger partial charge < -0.3 is 5.73 Å². The third-order valence-corrected chi connectivity index (χ3v) is 4.29. The molecule has 0 unspecified atom stereocenters. The first-order valence-corrected chi connectivity index (χ1v) is 6.64. The average molecular weight is 314 g/mol. The summed E-state index contributed by atoms with van der Waals surface area (Å²) in [5, 5.41) is 12.1. The van der Waals surface area contributed by atoms with Gasteiger partial charge in [-0.2, -0.15) is 0 Å². The first-order valence-electron chi connectivity index (χ1n) is 5.03. The zero-order valence-corrected chi connectivity index (χ0v) is 11.9. The number of rotatable bonds is 3. The molecule has 0 radical (unpaired) electrons. The maximum atomic E-state index is 5.83. The Hall–Kier alpha value is -0.920. The molecule has 0 bridgehead atoms. The molecule has 17 heavy (non-hydrogen) atoms. The normalized spacial score (nSPS) is 12.7. The van der Waals surface area contributed by atoms with Gasteiger partial charge in [0.15, 0.2) is 0 Å². The summed E-state index contributed by atoms with van der Waals surface area (Å²) < 4.78 is 2.64. The molecule has 1 aromatic heterocycles. The Morgan fingerprint density at radius 3 is 2.76 bits per heavy atom. The van der Waals surface area contributed by atoms with Gasteiger partial charge in [0.05, 0.1) is 0 Å². The molecular formula is C10H12BrN5S. The molecule has 1 aromatic carbocycles. The van der Waals surface area contributed by atoms with Gasteiger partial charge >= 0.3 is 0 Å². The summed E-state index contributed by atoms with van der Waals surface area (Å²) in [5.41, 5.74) is 6.92. The quantitative estimate of drug-likeness (QED) is 0.940. The third-order valence-electron chi connectivity index (χ3n) is 2.26. The van der Waals surface area contributed by atoms with Gasteiger partial charge in [0.2, 0.25) is 5.16 Å². The molecule has 0 saturated heterocycles. The van der Waals surface area contributed by atoms with Crippen LogP contribution in [0, 0.1) is 0 Å². The van der Waals surface area contributed by atoms with E-state index in [9.17, 15) is 0 Å². The minimum atomic E-state index is 0.0295. The Balaban J connectivity index is 2.26. The van der Waals surface area contributed by atoms with E-state index < -0.39 is 0 Å². The van der Waals surface area contributed by atoms with Crippen LogP contribution in [0.5, 0.6) is 0 Å². The molecule has 0 aliphatic rings. The van der Waals surface area contributed by atoms with Gasteiger partial charge in [0.1, 0.15) is 0 Å². The van der Waals surface area contributed by atoms with Crippen molar-refractivity contribution in [1.82, 2.24) is 20.2 Å². The van der Waals surface area contributed by atoms with Crippen molar-refractivity contribution in [2.24, 2.45) is 12.8 Å². The highest BCUT2D eigenvalue weighted by molar-refractivity contribution is 9.10. The molecule has 7 heteroatoms. The Morgan fingerprint density at radius 2 is 2.24 bits per heavy atom. The molecule has 90 valence electrons. The lowest BCUT2D eigenvalue weighted by atomic mass is 10.1. The van der Waals surface area contributed by atoms with Gasteiger partial charge in [0.25, 0.3) is 0 Å². The zero-order chi connectivity index (χ0) is 12.4. The average Bonchev–Trinajstić information content (AvgIpc) is 2.67. The van der Waals surface area contributed by atoms with Crippen molar-refractivity contribution in [2.45, 2.75) is 23.0 Å². The molecule has 0 amide bonds. The van der Waals surface area contributed by atoms with Gasteiger partial charge in [-0.05, 0) is 62.7 Å². The largest absolute Gasteiger partial charge is 0.324 e. The first kappa shape index (κ1) is 12.5. The zero-order valence-electron chi connectivity index (χ0n) is 9.46. The van der Waals surface area contributed by atoms with E-state index in [1.165, 1.54) is 11.8 Å². The summed E-state index contributed by atoms with van der Waals surface area (Å²) in [6.07, 6.45) is 0. The Kier molecular flexibility index (Phi) is 3.80. The van der Waals surface area contributed by atoms with Crippen molar-refractivity contribution < 1.29 is 0 Å². The van der Waals surface area contributed by atoms with Gasteiger partial charge in [-0.25, -0.2) is 4.68 Å². The Bertz CT molecular complexity index is 525. The van der Waals surface area contributed by atoms with E-state index in [0.29, 0.717) is 0 Å². The van der Waals surface area contributed by atoms with Crippen LogP contribution in [0.25, 0.3) is 0 Å². The van der Waals surface area contributed by atoms with Crippen molar-refractivity contribution in [2.75, 3.05) is 0 Å². The predicted octanol–water partition coefficient (Wildman–Crippen LogP) is 2.14.